The van der Waals surface area contributed by atoms with E-state index in [9.17, 15) is 0 Å². The Labute approximate surface area is 112 Å². The van der Waals surface area contributed by atoms with Crippen molar-refractivity contribution in [3.8, 4) is 5.75 Å². The predicted molar refractivity (Wildman–Crippen MR) is 71.8 cm³/mol. The monoisotopic (exact) mass is 261 g/mol. The second-order valence-electron chi connectivity index (χ2n) is 4.39. The summed E-state index contributed by atoms with van der Waals surface area (Å²) in [6.45, 7) is 4.17. The number of methoxy groups -OCH3 is 1. The smallest absolute Gasteiger partial charge is 0.191 e. The molecule has 1 aromatic carbocycles. The Morgan fingerprint density at radius 2 is 2.05 bits per heavy atom. The van der Waals surface area contributed by atoms with E-state index in [1.165, 1.54) is 5.56 Å². The number of hydrogen-bond donors (Lipinski definition) is 2. The summed E-state index contributed by atoms with van der Waals surface area (Å²) in [6.07, 6.45) is 0.981. The Kier molecular flexibility index (Phi) is 4.46. The van der Waals surface area contributed by atoms with Crippen LogP contribution >= 0.6 is 0 Å². The minimum atomic E-state index is 0.0470. The van der Waals surface area contributed by atoms with E-state index in [-0.39, 0.29) is 12.1 Å². The van der Waals surface area contributed by atoms with Crippen molar-refractivity contribution < 1.29 is 4.74 Å². The van der Waals surface area contributed by atoms with Gasteiger partial charge in [-0.3, -0.25) is 0 Å². The molecule has 0 amide bonds. The fourth-order valence-electron chi connectivity index (χ4n) is 2.02. The average Bonchev–Trinajstić information content (AvgIpc) is 2.99. The van der Waals surface area contributed by atoms with Crippen molar-refractivity contribution in [2.45, 2.75) is 32.4 Å². The number of aromatic nitrogens is 4. The summed E-state index contributed by atoms with van der Waals surface area (Å²) < 4.78 is 5.17. The molecule has 0 saturated carbocycles. The predicted octanol–water partition coefficient (Wildman–Crippen LogP) is 2.01. The number of ether oxygens (including phenoxy) is 1. The number of rotatable bonds is 6. The number of aromatic amines is 1. The highest BCUT2D eigenvalue weighted by Crippen LogP contribution is 2.22. The fourth-order valence-corrected chi connectivity index (χ4v) is 2.02. The van der Waals surface area contributed by atoms with Crippen LogP contribution < -0.4 is 10.1 Å². The molecule has 0 bridgehead atoms. The molecule has 0 saturated heterocycles. The molecule has 2 rings (SSSR count). The highest BCUT2D eigenvalue weighted by atomic mass is 16.5. The van der Waals surface area contributed by atoms with Gasteiger partial charge in [0.15, 0.2) is 5.82 Å². The first kappa shape index (κ1) is 13.5. The third-order valence-electron chi connectivity index (χ3n) is 3.13. The zero-order valence-electron chi connectivity index (χ0n) is 11.4. The minimum absolute atomic E-state index is 0.0470. The molecule has 0 aliphatic rings. The van der Waals surface area contributed by atoms with Crippen LogP contribution in [0.4, 0.5) is 0 Å². The van der Waals surface area contributed by atoms with E-state index in [2.05, 4.69) is 45.0 Å². The Morgan fingerprint density at radius 3 is 2.58 bits per heavy atom. The van der Waals surface area contributed by atoms with Crippen molar-refractivity contribution >= 4 is 0 Å². The molecular formula is C13H19N5O. The van der Waals surface area contributed by atoms with Crippen LogP contribution in [0.5, 0.6) is 5.75 Å². The maximum absolute atomic E-state index is 5.17. The molecule has 0 spiro atoms. The standard InChI is InChI=1S/C13H19N5O/c1-4-12(10-5-7-11(19-3)8-6-10)14-9(2)13-15-17-18-16-13/h5-9,12,14H,4H2,1-3H3,(H,15,16,17,18). The van der Waals surface area contributed by atoms with Crippen LogP contribution in [0.3, 0.4) is 0 Å². The maximum Gasteiger partial charge on any atom is 0.191 e. The van der Waals surface area contributed by atoms with Crippen molar-refractivity contribution in [1.82, 2.24) is 25.9 Å². The van der Waals surface area contributed by atoms with Gasteiger partial charge in [0, 0.05) is 6.04 Å². The number of hydrogen-bond acceptors (Lipinski definition) is 5. The molecule has 2 N–H and O–H groups in total. The molecule has 2 aromatic rings. The van der Waals surface area contributed by atoms with Gasteiger partial charge in [0.25, 0.3) is 0 Å². The highest BCUT2D eigenvalue weighted by molar-refractivity contribution is 5.29. The zero-order valence-corrected chi connectivity index (χ0v) is 11.4. The number of H-pyrrole nitrogens is 1. The van der Waals surface area contributed by atoms with Crippen LogP contribution in [0.2, 0.25) is 0 Å². The second-order valence-corrected chi connectivity index (χ2v) is 4.39. The lowest BCUT2D eigenvalue weighted by atomic mass is 10.0. The van der Waals surface area contributed by atoms with E-state index in [0.717, 1.165) is 12.2 Å². The number of benzene rings is 1. The lowest BCUT2D eigenvalue weighted by molar-refractivity contribution is 0.413. The van der Waals surface area contributed by atoms with Crippen molar-refractivity contribution in [2.24, 2.45) is 0 Å². The van der Waals surface area contributed by atoms with E-state index < -0.39 is 0 Å². The summed E-state index contributed by atoms with van der Waals surface area (Å²) in [5.74, 6) is 1.54. The lowest BCUT2D eigenvalue weighted by Gasteiger charge is -2.21. The van der Waals surface area contributed by atoms with Gasteiger partial charge in [0.05, 0.1) is 13.2 Å². The molecule has 102 valence electrons. The van der Waals surface area contributed by atoms with Gasteiger partial charge in [-0.05, 0) is 31.0 Å². The van der Waals surface area contributed by atoms with Gasteiger partial charge in [-0.25, -0.2) is 0 Å². The summed E-state index contributed by atoms with van der Waals surface area (Å²) >= 11 is 0. The number of nitrogens with zero attached hydrogens (tertiary/aromatic N) is 3. The number of tetrazole rings is 1. The molecule has 19 heavy (non-hydrogen) atoms. The van der Waals surface area contributed by atoms with Gasteiger partial charge in [-0.15, -0.1) is 10.2 Å². The Hall–Kier alpha value is -1.95. The van der Waals surface area contributed by atoms with Crippen molar-refractivity contribution in [3.05, 3.63) is 35.7 Å². The van der Waals surface area contributed by atoms with Crippen LogP contribution in [0.1, 0.15) is 43.7 Å². The Balaban J connectivity index is 2.06. The van der Waals surface area contributed by atoms with Crippen LogP contribution in [0.25, 0.3) is 0 Å². The second kappa shape index (κ2) is 6.29. The molecule has 0 radical (unpaired) electrons. The van der Waals surface area contributed by atoms with Crippen LogP contribution in [-0.2, 0) is 0 Å². The van der Waals surface area contributed by atoms with Gasteiger partial charge >= 0.3 is 0 Å². The van der Waals surface area contributed by atoms with Crippen LogP contribution in [0.15, 0.2) is 24.3 Å². The maximum atomic E-state index is 5.17. The molecule has 1 aromatic heterocycles. The Bertz CT molecular complexity index is 482. The third-order valence-corrected chi connectivity index (χ3v) is 3.13. The van der Waals surface area contributed by atoms with E-state index in [4.69, 9.17) is 4.74 Å². The molecule has 2 unspecified atom stereocenters. The van der Waals surface area contributed by atoms with Crippen LogP contribution in [0, 0.1) is 0 Å². The summed E-state index contributed by atoms with van der Waals surface area (Å²) in [5.41, 5.74) is 1.22. The largest absolute Gasteiger partial charge is 0.497 e. The van der Waals surface area contributed by atoms with Gasteiger partial charge in [0.1, 0.15) is 5.75 Å². The molecule has 1 heterocycles. The van der Waals surface area contributed by atoms with Gasteiger partial charge in [0.2, 0.25) is 0 Å². The zero-order chi connectivity index (χ0) is 13.7. The summed E-state index contributed by atoms with van der Waals surface area (Å²) in [6, 6.07) is 8.38. The summed E-state index contributed by atoms with van der Waals surface area (Å²) in [4.78, 5) is 0. The average molecular weight is 261 g/mol. The highest BCUT2D eigenvalue weighted by Gasteiger charge is 2.16. The van der Waals surface area contributed by atoms with Crippen molar-refractivity contribution in [3.63, 3.8) is 0 Å². The topological polar surface area (TPSA) is 75.7 Å². The quantitative estimate of drug-likeness (QED) is 0.832. The van der Waals surface area contributed by atoms with Gasteiger partial charge in [-0.2, -0.15) is 5.21 Å². The van der Waals surface area contributed by atoms with Gasteiger partial charge in [-0.1, -0.05) is 24.3 Å². The SMILES string of the molecule is CCC(NC(C)c1nn[nH]n1)c1ccc(OC)cc1. The number of nitrogens with one attached hydrogen (secondary N) is 2. The summed E-state index contributed by atoms with van der Waals surface area (Å²) in [7, 11) is 1.67. The van der Waals surface area contributed by atoms with Gasteiger partial charge < -0.3 is 10.1 Å². The van der Waals surface area contributed by atoms with Crippen molar-refractivity contribution in [2.75, 3.05) is 7.11 Å². The first-order valence-electron chi connectivity index (χ1n) is 6.38. The van der Waals surface area contributed by atoms with E-state index in [1.807, 2.05) is 19.1 Å². The molecule has 2 atom stereocenters. The van der Waals surface area contributed by atoms with Crippen LogP contribution in [-0.4, -0.2) is 27.7 Å². The first-order chi connectivity index (χ1) is 9.24. The lowest BCUT2D eigenvalue weighted by Crippen LogP contribution is -2.25. The molecule has 6 nitrogen and oxygen atoms in total. The minimum Gasteiger partial charge on any atom is -0.497 e. The molecule has 6 heteroatoms. The first-order valence-corrected chi connectivity index (χ1v) is 6.38. The molecular weight excluding hydrogens is 242 g/mol. The van der Waals surface area contributed by atoms with E-state index in [0.29, 0.717) is 5.82 Å². The molecule has 0 aliphatic heterocycles. The van der Waals surface area contributed by atoms with E-state index >= 15 is 0 Å². The third kappa shape index (κ3) is 3.29. The normalized spacial score (nSPS) is 14.1. The Morgan fingerprint density at radius 1 is 1.32 bits per heavy atom. The van der Waals surface area contributed by atoms with Crippen molar-refractivity contribution in [1.29, 1.82) is 0 Å². The molecule has 0 aliphatic carbocycles. The van der Waals surface area contributed by atoms with E-state index in [1.54, 1.807) is 7.11 Å². The summed E-state index contributed by atoms with van der Waals surface area (Å²) in [5, 5.41) is 17.5. The molecule has 0 fully saturated rings. The fraction of sp³-hybridized carbons (Fsp3) is 0.462.